The minimum Gasteiger partial charge on any atom is -0.462 e. The third-order valence-corrected chi connectivity index (χ3v) is 1.76. The van der Waals surface area contributed by atoms with E-state index in [1.165, 1.54) is 0 Å². The molecule has 0 bridgehead atoms. The summed E-state index contributed by atoms with van der Waals surface area (Å²) in [6.07, 6.45) is 4.68. The molecular weight excluding hydrogens is 176 g/mol. The second-order valence-corrected chi connectivity index (χ2v) is 2.86. The molecule has 0 amide bonds. The van der Waals surface area contributed by atoms with Crippen LogP contribution in [0.15, 0.2) is 42.5 Å². The highest BCUT2D eigenvalue weighted by Gasteiger charge is 2.03. The van der Waals surface area contributed by atoms with E-state index in [9.17, 15) is 4.79 Å². The Kier molecular flexibility index (Phi) is 4.48. The number of carbonyl (C=O) groups excluding carboxylic acids is 1. The number of rotatable bonds is 4. The van der Waals surface area contributed by atoms with E-state index in [2.05, 4.69) is 0 Å². The van der Waals surface area contributed by atoms with E-state index in [0.29, 0.717) is 12.2 Å². The van der Waals surface area contributed by atoms with Gasteiger partial charge in [-0.3, -0.25) is 0 Å². The third kappa shape index (κ3) is 3.44. The van der Waals surface area contributed by atoms with Gasteiger partial charge in [0, 0.05) is 0 Å². The van der Waals surface area contributed by atoms with E-state index < -0.39 is 0 Å². The molecule has 0 aliphatic carbocycles. The number of allylic oxidation sites excluding steroid dienone is 1. The van der Waals surface area contributed by atoms with Gasteiger partial charge in [0.05, 0.1) is 12.2 Å². The minimum atomic E-state index is -0.255. The monoisotopic (exact) mass is 190 g/mol. The van der Waals surface area contributed by atoms with Gasteiger partial charge in [-0.1, -0.05) is 30.4 Å². The Morgan fingerprint density at radius 2 is 2.07 bits per heavy atom. The molecule has 74 valence electrons. The zero-order valence-corrected chi connectivity index (χ0v) is 8.27. The Morgan fingerprint density at radius 3 is 2.71 bits per heavy atom. The molecule has 0 saturated carbocycles. The van der Waals surface area contributed by atoms with Crippen molar-refractivity contribution < 1.29 is 9.53 Å². The van der Waals surface area contributed by atoms with Crippen LogP contribution in [0, 0.1) is 0 Å². The molecule has 1 rings (SSSR count). The molecule has 0 aliphatic rings. The lowest BCUT2D eigenvalue weighted by Gasteiger charge is -2.01. The highest BCUT2D eigenvalue weighted by atomic mass is 16.5. The van der Waals surface area contributed by atoms with E-state index in [-0.39, 0.29) is 5.97 Å². The van der Waals surface area contributed by atoms with Crippen molar-refractivity contribution in [3.05, 3.63) is 48.0 Å². The highest BCUT2D eigenvalue weighted by Crippen LogP contribution is 2.01. The van der Waals surface area contributed by atoms with Crippen LogP contribution in [0.1, 0.15) is 23.7 Å². The van der Waals surface area contributed by atoms with E-state index >= 15 is 0 Å². The zero-order chi connectivity index (χ0) is 10.2. The predicted molar refractivity (Wildman–Crippen MR) is 56.2 cm³/mol. The van der Waals surface area contributed by atoms with Gasteiger partial charge in [0.25, 0.3) is 0 Å². The van der Waals surface area contributed by atoms with Crippen LogP contribution in [-0.2, 0) is 4.74 Å². The first-order valence-electron chi connectivity index (χ1n) is 4.68. The first-order valence-corrected chi connectivity index (χ1v) is 4.68. The molecular formula is C12H14O2. The van der Waals surface area contributed by atoms with Gasteiger partial charge in [-0.05, 0) is 25.5 Å². The maximum atomic E-state index is 11.4. The summed E-state index contributed by atoms with van der Waals surface area (Å²) in [6.45, 7) is 2.39. The number of ether oxygens (including phenoxy) is 1. The fraction of sp³-hybridized carbons (Fsp3) is 0.250. The van der Waals surface area contributed by atoms with Crippen molar-refractivity contribution >= 4 is 5.97 Å². The molecule has 2 nitrogen and oxygen atoms in total. The van der Waals surface area contributed by atoms with Gasteiger partial charge in [0.1, 0.15) is 0 Å². The fourth-order valence-electron chi connectivity index (χ4n) is 1.04. The summed E-state index contributed by atoms with van der Waals surface area (Å²) in [7, 11) is 0. The van der Waals surface area contributed by atoms with Crippen molar-refractivity contribution in [3.63, 3.8) is 0 Å². The SMILES string of the molecule is C/C=C\CCOC(=O)c1ccccc1. The smallest absolute Gasteiger partial charge is 0.338 e. The fourth-order valence-corrected chi connectivity index (χ4v) is 1.04. The van der Waals surface area contributed by atoms with Crippen molar-refractivity contribution in [2.45, 2.75) is 13.3 Å². The molecule has 0 spiro atoms. The quantitative estimate of drug-likeness (QED) is 0.414. The van der Waals surface area contributed by atoms with Crippen molar-refractivity contribution in [3.8, 4) is 0 Å². The van der Waals surface area contributed by atoms with Crippen LogP contribution in [0.5, 0.6) is 0 Å². The minimum absolute atomic E-state index is 0.255. The van der Waals surface area contributed by atoms with Crippen molar-refractivity contribution in [2.24, 2.45) is 0 Å². The molecule has 0 unspecified atom stereocenters. The van der Waals surface area contributed by atoms with E-state index in [0.717, 1.165) is 6.42 Å². The zero-order valence-electron chi connectivity index (χ0n) is 8.27. The van der Waals surface area contributed by atoms with Crippen LogP contribution >= 0.6 is 0 Å². The summed E-state index contributed by atoms with van der Waals surface area (Å²) < 4.78 is 5.04. The van der Waals surface area contributed by atoms with Crippen molar-refractivity contribution in [1.82, 2.24) is 0 Å². The van der Waals surface area contributed by atoms with Crippen LogP contribution in [0.4, 0.5) is 0 Å². The number of benzene rings is 1. The largest absolute Gasteiger partial charge is 0.462 e. The van der Waals surface area contributed by atoms with Crippen LogP contribution in [-0.4, -0.2) is 12.6 Å². The van der Waals surface area contributed by atoms with Crippen LogP contribution in [0.3, 0.4) is 0 Å². The maximum absolute atomic E-state index is 11.4. The van der Waals surface area contributed by atoms with Gasteiger partial charge < -0.3 is 4.74 Å². The molecule has 14 heavy (non-hydrogen) atoms. The lowest BCUT2D eigenvalue weighted by molar-refractivity contribution is 0.0511. The van der Waals surface area contributed by atoms with Crippen LogP contribution in [0.25, 0.3) is 0 Å². The van der Waals surface area contributed by atoms with Crippen molar-refractivity contribution in [1.29, 1.82) is 0 Å². The second kappa shape index (κ2) is 5.97. The van der Waals surface area contributed by atoms with Gasteiger partial charge in [-0.15, -0.1) is 0 Å². The van der Waals surface area contributed by atoms with Crippen LogP contribution < -0.4 is 0 Å². The summed E-state index contributed by atoms with van der Waals surface area (Å²) in [5.41, 5.74) is 0.605. The summed E-state index contributed by atoms with van der Waals surface area (Å²) in [4.78, 5) is 11.4. The molecule has 0 atom stereocenters. The maximum Gasteiger partial charge on any atom is 0.338 e. The standard InChI is InChI=1S/C12H14O2/c1-2-3-7-10-14-12(13)11-8-5-4-6-9-11/h2-6,8-9H,7,10H2,1H3/b3-2-. The van der Waals surface area contributed by atoms with Gasteiger partial charge in [0.2, 0.25) is 0 Å². The molecule has 2 heteroatoms. The van der Waals surface area contributed by atoms with Gasteiger partial charge >= 0.3 is 5.97 Å². The lowest BCUT2D eigenvalue weighted by atomic mass is 10.2. The number of carbonyl (C=O) groups is 1. The van der Waals surface area contributed by atoms with E-state index in [4.69, 9.17) is 4.74 Å². The van der Waals surface area contributed by atoms with E-state index in [1.807, 2.05) is 37.3 Å². The molecule has 1 aromatic carbocycles. The number of esters is 1. The Morgan fingerprint density at radius 1 is 1.36 bits per heavy atom. The molecule has 0 radical (unpaired) electrons. The topological polar surface area (TPSA) is 26.3 Å². The van der Waals surface area contributed by atoms with Gasteiger partial charge in [-0.25, -0.2) is 4.79 Å². The molecule has 0 aromatic heterocycles. The number of hydrogen-bond donors (Lipinski definition) is 0. The molecule has 1 aromatic rings. The molecule has 0 aliphatic heterocycles. The summed E-state index contributed by atoms with van der Waals surface area (Å²) in [5.74, 6) is -0.255. The summed E-state index contributed by atoms with van der Waals surface area (Å²) in [6, 6.07) is 9.01. The molecule has 0 N–H and O–H groups in total. The average molecular weight is 190 g/mol. The van der Waals surface area contributed by atoms with Gasteiger partial charge in [0.15, 0.2) is 0 Å². The second-order valence-electron chi connectivity index (χ2n) is 2.86. The van der Waals surface area contributed by atoms with Gasteiger partial charge in [-0.2, -0.15) is 0 Å². The molecule has 0 saturated heterocycles. The molecule has 0 heterocycles. The Bertz CT molecular complexity index is 301. The normalized spacial score (nSPS) is 10.4. The highest BCUT2D eigenvalue weighted by molar-refractivity contribution is 5.89. The van der Waals surface area contributed by atoms with E-state index in [1.54, 1.807) is 12.1 Å². The Hall–Kier alpha value is -1.57. The Balaban J connectivity index is 2.36. The van der Waals surface area contributed by atoms with Crippen LogP contribution in [0.2, 0.25) is 0 Å². The summed E-state index contributed by atoms with van der Waals surface area (Å²) in [5, 5.41) is 0. The number of hydrogen-bond acceptors (Lipinski definition) is 2. The predicted octanol–water partition coefficient (Wildman–Crippen LogP) is 2.81. The summed E-state index contributed by atoms with van der Waals surface area (Å²) >= 11 is 0. The lowest BCUT2D eigenvalue weighted by Crippen LogP contribution is -2.05. The molecule has 0 fully saturated rings. The first-order chi connectivity index (χ1) is 6.84. The van der Waals surface area contributed by atoms with Crippen molar-refractivity contribution in [2.75, 3.05) is 6.61 Å². The Labute approximate surface area is 84.2 Å². The average Bonchev–Trinajstić information content (AvgIpc) is 2.25. The first kappa shape index (κ1) is 10.5. The third-order valence-electron chi connectivity index (χ3n) is 1.76.